The van der Waals surface area contributed by atoms with Crippen LogP contribution in [0, 0.1) is 6.92 Å². The quantitative estimate of drug-likeness (QED) is 0.596. The monoisotopic (exact) mass is 439 g/mol. The Morgan fingerprint density at radius 2 is 2.10 bits per heavy atom. The Morgan fingerprint density at radius 3 is 2.87 bits per heavy atom. The molecule has 0 spiro atoms. The molecule has 31 heavy (non-hydrogen) atoms. The first kappa shape index (κ1) is 21.3. The summed E-state index contributed by atoms with van der Waals surface area (Å²) in [4.78, 5) is 32.4. The molecule has 2 aromatic heterocycles. The van der Waals surface area contributed by atoms with Crippen LogP contribution in [0.15, 0.2) is 42.6 Å². The van der Waals surface area contributed by atoms with Crippen LogP contribution in [-0.4, -0.2) is 54.5 Å². The third kappa shape index (κ3) is 4.86. The third-order valence-corrected chi connectivity index (χ3v) is 6.35. The Bertz CT molecular complexity index is 1080. The molecule has 1 aliphatic rings. The van der Waals surface area contributed by atoms with Gasteiger partial charge in [0.1, 0.15) is 28.2 Å². The Morgan fingerprint density at radius 1 is 1.29 bits per heavy atom. The molecule has 0 radical (unpaired) electrons. The first-order valence-corrected chi connectivity index (χ1v) is 11.1. The first-order chi connectivity index (χ1) is 15.0. The lowest BCUT2D eigenvalue weighted by molar-refractivity contribution is -0.136. The van der Waals surface area contributed by atoms with Crippen molar-refractivity contribution in [2.24, 2.45) is 0 Å². The van der Waals surface area contributed by atoms with Crippen LogP contribution in [0.2, 0.25) is 0 Å². The van der Waals surface area contributed by atoms with Crippen molar-refractivity contribution < 1.29 is 19.1 Å². The van der Waals surface area contributed by atoms with E-state index in [1.165, 1.54) is 16.9 Å². The highest BCUT2D eigenvalue weighted by Crippen LogP contribution is 2.37. The van der Waals surface area contributed by atoms with Crippen LogP contribution in [0.1, 0.15) is 33.8 Å². The van der Waals surface area contributed by atoms with Crippen LogP contribution in [-0.2, 0) is 9.53 Å². The zero-order chi connectivity index (χ0) is 21.8. The topological polar surface area (TPSA) is 80.8 Å². The second kappa shape index (κ2) is 9.45. The Kier molecular flexibility index (Phi) is 6.48. The third-order valence-electron chi connectivity index (χ3n) is 5.22. The van der Waals surface area contributed by atoms with Gasteiger partial charge in [-0.1, -0.05) is 23.8 Å². The number of hydrogen-bond acceptors (Lipinski definition) is 6. The van der Waals surface area contributed by atoms with Crippen LogP contribution >= 0.6 is 11.3 Å². The van der Waals surface area contributed by atoms with E-state index in [-0.39, 0.29) is 17.9 Å². The molecule has 1 aromatic carbocycles. The molecule has 162 valence electrons. The molecule has 0 aliphatic carbocycles. The maximum absolute atomic E-state index is 13.0. The molecule has 1 aliphatic heterocycles. The SMILES string of the molecule is CC(=O)N1CCO[C@@H](c2c(C(=O)NCCOc3ccc(C)cc3)sc3ncccc23)C1. The number of nitrogens with zero attached hydrogens (tertiary/aromatic N) is 2. The number of ether oxygens (including phenoxy) is 2. The van der Waals surface area contributed by atoms with E-state index in [9.17, 15) is 9.59 Å². The van der Waals surface area contributed by atoms with Gasteiger partial charge in [-0.2, -0.15) is 0 Å². The first-order valence-electron chi connectivity index (χ1n) is 10.2. The summed E-state index contributed by atoms with van der Waals surface area (Å²) >= 11 is 1.34. The van der Waals surface area contributed by atoms with Crippen molar-refractivity contribution in [3.05, 3.63) is 58.6 Å². The van der Waals surface area contributed by atoms with Gasteiger partial charge in [-0.05, 0) is 25.1 Å². The number of thiophene rings is 1. The van der Waals surface area contributed by atoms with Crippen molar-refractivity contribution in [1.82, 2.24) is 15.2 Å². The number of hydrogen-bond donors (Lipinski definition) is 1. The van der Waals surface area contributed by atoms with E-state index in [4.69, 9.17) is 9.47 Å². The van der Waals surface area contributed by atoms with Crippen molar-refractivity contribution >= 4 is 33.4 Å². The molecule has 3 aromatic rings. The average molecular weight is 440 g/mol. The predicted octanol–water partition coefficient (Wildman–Crippen LogP) is 3.33. The highest BCUT2D eigenvalue weighted by Gasteiger charge is 2.30. The Labute approximate surface area is 185 Å². The van der Waals surface area contributed by atoms with Gasteiger partial charge in [0.25, 0.3) is 5.91 Å². The minimum Gasteiger partial charge on any atom is -0.492 e. The molecule has 0 saturated carbocycles. The molecule has 8 heteroatoms. The summed E-state index contributed by atoms with van der Waals surface area (Å²) in [5.74, 6) is 0.589. The van der Waals surface area contributed by atoms with Crippen LogP contribution < -0.4 is 10.1 Å². The van der Waals surface area contributed by atoms with Gasteiger partial charge >= 0.3 is 0 Å². The van der Waals surface area contributed by atoms with Crippen molar-refractivity contribution in [3.8, 4) is 5.75 Å². The van der Waals surface area contributed by atoms with E-state index in [2.05, 4.69) is 10.3 Å². The fourth-order valence-corrected chi connectivity index (χ4v) is 4.71. The number of fused-ring (bicyclic) bond motifs is 1. The molecular weight excluding hydrogens is 414 g/mol. The van der Waals surface area contributed by atoms with Crippen molar-refractivity contribution in [1.29, 1.82) is 0 Å². The lowest BCUT2D eigenvalue weighted by atomic mass is 10.0. The van der Waals surface area contributed by atoms with Crippen LogP contribution in [0.25, 0.3) is 10.2 Å². The van der Waals surface area contributed by atoms with Gasteiger partial charge in [-0.15, -0.1) is 11.3 Å². The molecule has 0 unspecified atom stereocenters. The average Bonchev–Trinajstić information content (AvgIpc) is 3.17. The summed E-state index contributed by atoms with van der Waals surface area (Å²) in [6, 6.07) is 11.6. The Hall–Kier alpha value is -2.97. The number of carbonyl (C=O) groups excluding carboxylic acids is 2. The Balaban J connectivity index is 1.48. The van der Waals surface area contributed by atoms with Crippen molar-refractivity contribution in [3.63, 3.8) is 0 Å². The molecule has 7 nitrogen and oxygen atoms in total. The van der Waals surface area contributed by atoms with Gasteiger partial charge < -0.3 is 19.7 Å². The standard InChI is InChI=1S/C23H25N3O4S/c1-15-5-7-17(8-6-15)29-12-10-24-22(28)21-20(18-4-3-9-25-23(18)31-21)19-14-26(16(2)27)11-13-30-19/h3-9,19H,10-14H2,1-2H3,(H,24,28)/t19-/m1/s1. The van der Waals surface area contributed by atoms with E-state index >= 15 is 0 Å². The number of nitrogens with one attached hydrogen (secondary N) is 1. The van der Waals surface area contributed by atoms with Gasteiger partial charge in [0.05, 0.1) is 19.7 Å². The van der Waals surface area contributed by atoms with E-state index in [0.29, 0.717) is 37.7 Å². The second-order valence-corrected chi connectivity index (χ2v) is 8.44. The zero-order valence-corrected chi connectivity index (χ0v) is 18.4. The number of rotatable bonds is 6. The fourth-order valence-electron chi connectivity index (χ4n) is 3.60. The lowest BCUT2D eigenvalue weighted by Gasteiger charge is -2.32. The zero-order valence-electron chi connectivity index (χ0n) is 17.6. The van der Waals surface area contributed by atoms with E-state index in [1.807, 2.05) is 43.3 Å². The van der Waals surface area contributed by atoms with Crippen LogP contribution in [0.4, 0.5) is 0 Å². The molecule has 2 amide bonds. The molecule has 1 atom stereocenters. The van der Waals surface area contributed by atoms with Gasteiger partial charge in [-0.25, -0.2) is 4.98 Å². The van der Waals surface area contributed by atoms with Crippen LogP contribution in [0.5, 0.6) is 5.75 Å². The van der Waals surface area contributed by atoms with Gasteiger partial charge in [0, 0.05) is 30.6 Å². The largest absolute Gasteiger partial charge is 0.492 e. The number of aryl methyl sites for hydroxylation is 1. The molecular formula is C23H25N3O4S. The lowest BCUT2D eigenvalue weighted by Crippen LogP contribution is -2.41. The summed E-state index contributed by atoms with van der Waals surface area (Å²) in [6.07, 6.45) is 1.35. The van der Waals surface area contributed by atoms with Crippen molar-refractivity contribution in [2.45, 2.75) is 20.0 Å². The highest BCUT2D eigenvalue weighted by atomic mass is 32.1. The normalized spacial score (nSPS) is 16.3. The van der Waals surface area contributed by atoms with E-state index in [1.54, 1.807) is 18.0 Å². The predicted molar refractivity (Wildman–Crippen MR) is 120 cm³/mol. The summed E-state index contributed by atoms with van der Waals surface area (Å²) < 4.78 is 11.7. The maximum atomic E-state index is 13.0. The van der Waals surface area contributed by atoms with Crippen molar-refractivity contribution in [2.75, 3.05) is 32.8 Å². The molecule has 1 N–H and O–H groups in total. The summed E-state index contributed by atoms with van der Waals surface area (Å²) in [5, 5.41) is 3.83. The molecule has 3 heterocycles. The smallest absolute Gasteiger partial charge is 0.261 e. The number of morpholine rings is 1. The summed E-state index contributed by atoms with van der Waals surface area (Å²) in [6.45, 7) is 5.74. The van der Waals surface area contributed by atoms with E-state index in [0.717, 1.165) is 21.5 Å². The molecule has 0 bridgehead atoms. The molecule has 1 saturated heterocycles. The maximum Gasteiger partial charge on any atom is 0.261 e. The minimum atomic E-state index is -0.361. The number of aromatic nitrogens is 1. The molecule has 4 rings (SSSR count). The number of pyridine rings is 1. The summed E-state index contributed by atoms with van der Waals surface area (Å²) in [7, 11) is 0. The van der Waals surface area contributed by atoms with Gasteiger partial charge in [0.2, 0.25) is 5.91 Å². The van der Waals surface area contributed by atoms with Gasteiger partial charge in [-0.3, -0.25) is 9.59 Å². The van der Waals surface area contributed by atoms with Gasteiger partial charge in [0.15, 0.2) is 0 Å². The van der Waals surface area contributed by atoms with E-state index < -0.39 is 0 Å². The number of carbonyl (C=O) groups is 2. The number of benzene rings is 1. The second-order valence-electron chi connectivity index (χ2n) is 7.44. The minimum absolute atomic E-state index is 0.00483. The molecule has 1 fully saturated rings. The summed E-state index contributed by atoms with van der Waals surface area (Å²) in [5.41, 5.74) is 1.97. The number of amides is 2. The fraction of sp³-hybridized carbons (Fsp3) is 0.348. The highest BCUT2D eigenvalue weighted by molar-refractivity contribution is 7.20. The van der Waals surface area contributed by atoms with Crippen LogP contribution in [0.3, 0.4) is 0 Å².